The Hall–Kier alpha value is -13.1. The molecule has 81 heavy (non-hydrogen) atoms. The maximum atomic E-state index is 13.9. The number of nitrogens with zero attached hydrogens (tertiary/aromatic N) is 21. The summed E-state index contributed by atoms with van der Waals surface area (Å²) in [5, 5.41) is 15.9. The molecule has 0 radical (unpaired) electrons. The highest BCUT2D eigenvalue weighted by molar-refractivity contribution is 6.53. The first-order valence-electron chi connectivity index (χ1n) is 22.6. The Morgan fingerprint density at radius 1 is 0.259 bits per heavy atom. The van der Waals surface area contributed by atoms with Crippen LogP contribution in [0.5, 0.6) is 0 Å². The van der Waals surface area contributed by atoms with Gasteiger partial charge in [-0.2, -0.15) is 59.9 Å². The highest BCUT2D eigenvalue weighted by atomic mass is 16.2. The highest BCUT2D eigenvalue weighted by Crippen LogP contribution is 2.27. The van der Waals surface area contributed by atoms with Crippen LogP contribution in [0.1, 0.15) is 0 Å². The number of Topliss-reactive ketones (excluding diaryl/α,β-unsaturated/α-hetero) is 9. The first kappa shape index (κ1) is 47.6. The number of hydrogen-bond acceptors (Lipinski definition) is 36. The maximum absolute atomic E-state index is 13.9. The Kier molecular flexibility index (Phi) is 10.5. The lowest BCUT2D eigenvalue weighted by atomic mass is 9.84. The molecule has 36 heteroatoms. The minimum absolute atomic E-state index is 0.0903. The number of fused-ring (bicyclic) bond motifs is 9. The van der Waals surface area contributed by atoms with Gasteiger partial charge >= 0.3 is 0 Å². The van der Waals surface area contributed by atoms with Gasteiger partial charge < -0.3 is 31.9 Å². The monoisotopic (exact) mass is 1080 g/mol. The van der Waals surface area contributed by atoms with Crippen molar-refractivity contribution >= 4 is 160 Å². The van der Waals surface area contributed by atoms with Gasteiger partial charge in [-0.3, -0.25) is 43.2 Å². The number of rotatable bonds is 0. The van der Waals surface area contributed by atoms with E-state index in [1.807, 2.05) is 0 Å². The largest absolute Gasteiger partial charge is 0.330 e. The molecule has 36 nitrogen and oxygen atoms in total. The number of ketones is 9. The summed E-state index contributed by atoms with van der Waals surface area (Å²) < 4.78 is 0. The molecule has 13 rings (SSSR count). The first-order valence-corrected chi connectivity index (χ1v) is 22.6. The topological polar surface area (TPSA) is 458 Å². The molecule has 390 valence electrons. The molecule has 0 aromatic carbocycles. The summed E-state index contributed by atoms with van der Waals surface area (Å²) in [4.78, 5) is 202. The van der Waals surface area contributed by atoms with E-state index in [1.54, 1.807) is 0 Å². The fourth-order valence-corrected chi connectivity index (χ4v) is 8.02. The van der Waals surface area contributed by atoms with E-state index in [2.05, 4.69) is 142 Å². The third kappa shape index (κ3) is 7.75. The van der Waals surface area contributed by atoms with Gasteiger partial charge in [-0.1, -0.05) is 19.7 Å². The molecule has 10 aliphatic heterocycles. The summed E-state index contributed by atoms with van der Waals surface area (Å²) in [6, 6.07) is 0. The second-order valence-corrected chi connectivity index (χ2v) is 16.7. The molecule has 10 heterocycles. The predicted octanol–water partition coefficient (Wildman–Crippen LogP) is -4.87. The molecule has 0 unspecified atom stereocenters. The zero-order chi connectivity index (χ0) is 56.1. The molecule has 0 saturated heterocycles. The number of aliphatic imine (C=N–C) groups is 18. The zero-order valence-electron chi connectivity index (χ0n) is 39.9. The third-order valence-corrected chi connectivity index (χ3v) is 12.0. The van der Waals surface area contributed by atoms with Crippen molar-refractivity contribution in [3.8, 4) is 0 Å². The smallest absolute Gasteiger partial charge is 0.246 e. The van der Waals surface area contributed by atoms with Gasteiger partial charge in [-0.05, 0) is 0 Å². The summed E-state index contributed by atoms with van der Waals surface area (Å²) >= 11 is 0. The van der Waals surface area contributed by atoms with Gasteiger partial charge in [0.2, 0.25) is 141 Å². The number of guanidine groups is 15. The van der Waals surface area contributed by atoms with Crippen LogP contribution < -0.4 is 31.9 Å². The van der Waals surface area contributed by atoms with Crippen molar-refractivity contribution in [2.24, 2.45) is 89.9 Å². The molecule has 0 atom stereocenters. The van der Waals surface area contributed by atoms with E-state index in [0.29, 0.717) is 0 Å². The SMILES string of the molecule is C=C1C(=O)C2=CNC3=NC4=NC=NC5=NC(=NC(=N3)N45)NC=C3C(=O)C(=C)C(=O)C(=CNC4=NC5=NC=NC6=NC(=NC(=N4)N56)NC=C4C(=O)C(=C)C(=O)C(=CNC5=NC6=NC=NC7=NC(=NC(=N5)N67)NC=C(C1=O)C2=O)C4=O)C3=O. The van der Waals surface area contributed by atoms with Crippen LogP contribution in [0.2, 0.25) is 0 Å². The van der Waals surface area contributed by atoms with Crippen LogP contribution >= 0.6 is 0 Å². The minimum Gasteiger partial charge on any atom is -0.330 e. The fourth-order valence-electron chi connectivity index (χ4n) is 8.02. The van der Waals surface area contributed by atoms with Gasteiger partial charge in [0.1, 0.15) is 19.0 Å². The Morgan fingerprint density at radius 2 is 0.457 bits per heavy atom. The third-order valence-electron chi connectivity index (χ3n) is 12.0. The quantitative estimate of drug-likeness (QED) is 0.0978. The zero-order valence-corrected chi connectivity index (χ0v) is 39.9. The van der Waals surface area contributed by atoms with Gasteiger partial charge in [0.05, 0.1) is 50.2 Å². The number of carbonyl (C=O) groups excluding carboxylic acids is 9. The van der Waals surface area contributed by atoms with E-state index in [1.165, 1.54) is 14.7 Å². The molecule has 3 saturated carbocycles. The number of hydrogen-bond donors (Lipinski definition) is 6. The standard InChI is InChI=1S/C45H21N27O9/c1-13-22(73)16-4-46-31-58-37-52-10-54-39-60-33(66-43(64-31)70(37)39)48-6-18-24(75)14(2)26(77)20(29(18)80)8-50-35-62-41-56-12-57-42-63-36(69-45(68-35)72(41)42)51-9-21-27(78)15(3)25(76)19(30(21)81)7-49-34-61-40-55-11-53-38-59-32(65-44(67-34)71(38)40)47-5-17(23(13)74)28(16)79/h4-12H,1-3H2,(H2,46,48,52,54,58,60,64,66)(H2,47,49,53,55,59,61,65,67)(H2,50,51,56,57,62,63,68,69). The van der Waals surface area contributed by atoms with Crippen LogP contribution in [-0.2, 0) is 43.2 Å². The van der Waals surface area contributed by atoms with E-state index in [9.17, 15) is 43.2 Å². The van der Waals surface area contributed by atoms with Crippen molar-refractivity contribution in [2.45, 2.75) is 0 Å². The highest BCUT2D eigenvalue weighted by Gasteiger charge is 2.43. The average molecular weight is 1080 g/mol. The summed E-state index contributed by atoms with van der Waals surface area (Å²) in [7, 11) is 0. The Labute approximate surface area is 446 Å². The molecule has 6 N–H and O–H groups in total. The van der Waals surface area contributed by atoms with E-state index in [0.717, 1.165) is 56.2 Å². The molecule has 3 aliphatic carbocycles. The van der Waals surface area contributed by atoms with Crippen LogP contribution in [0.4, 0.5) is 0 Å². The Morgan fingerprint density at radius 3 is 0.679 bits per heavy atom. The average Bonchev–Trinajstić information content (AvgIpc) is 3.60. The van der Waals surface area contributed by atoms with Crippen molar-refractivity contribution in [3.63, 3.8) is 0 Å². The molecule has 0 spiro atoms. The van der Waals surface area contributed by atoms with Gasteiger partial charge in [-0.25, -0.2) is 44.7 Å². The summed E-state index contributed by atoms with van der Waals surface area (Å²) in [6.45, 7) is 10.7. The summed E-state index contributed by atoms with van der Waals surface area (Å²) in [6.07, 6.45) is 8.84. The van der Waals surface area contributed by atoms with Crippen LogP contribution in [0.25, 0.3) is 0 Å². The van der Waals surface area contributed by atoms with Crippen molar-refractivity contribution in [2.75, 3.05) is 0 Å². The number of carbonyl (C=O) groups is 9. The molecular weight excluding hydrogens is 1060 g/mol. The molecule has 0 aromatic rings. The van der Waals surface area contributed by atoms with Crippen LogP contribution in [0.15, 0.2) is 197 Å². The van der Waals surface area contributed by atoms with Crippen molar-refractivity contribution in [1.82, 2.24) is 46.6 Å². The lowest BCUT2D eigenvalue weighted by Gasteiger charge is -2.29. The van der Waals surface area contributed by atoms with Crippen molar-refractivity contribution in [1.29, 1.82) is 0 Å². The predicted molar refractivity (Wildman–Crippen MR) is 282 cm³/mol. The first-order chi connectivity index (χ1) is 39.1. The molecule has 3 fully saturated rings. The Bertz CT molecular complexity index is 3850. The van der Waals surface area contributed by atoms with Crippen LogP contribution in [0.3, 0.4) is 0 Å². The van der Waals surface area contributed by atoms with Crippen molar-refractivity contribution < 1.29 is 43.2 Å². The van der Waals surface area contributed by atoms with Gasteiger partial charge in [0.25, 0.3) is 0 Å². The van der Waals surface area contributed by atoms with E-state index < -0.39 is 102 Å². The lowest BCUT2D eigenvalue weighted by Crippen LogP contribution is -2.49. The molecule has 15 bridgehead atoms. The van der Waals surface area contributed by atoms with Gasteiger partial charge in [-0.15, -0.1) is 0 Å². The normalized spacial score (nSPS) is 22.8. The van der Waals surface area contributed by atoms with E-state index in [-0.39, 0.29) is 89.4 Å². The van der Waals surface area contributed by atoms with Gasteiger partial charge in [0.15, 0.2) is 0 Å². The molecule has 0 aromatic heterocycles. The minimum atomic E-state index is -1.09. The molecular formula is C45H21N27O9. The summed E-state index contributed by atoms with van der Waals surface area (Å²) in [5.41, 5.74) is -5.34. The molecule has 13 aliphatic rings. The van der Waals surface area contributed by atoms with Crippen LogP contribution in [0, 0.1) is 0 Å². The second-order valence-electron chi connectivity index (χ2n) is 16.7. The Balaban J connectivity index is 0.887. The number of nitrogens with one attached hydrogen (secondary N) is 6. The lowest BCUT2D eigenvalue weighted by molar-refractivity contribution is -0.126. The van der Waals surface area contributed by atoms with E-state index >= 15 is 0 Å². The molecule has 0 amide bonds. The summed E-state index contributed by atoms with van der Waals surface area (Å²) in [5.74, 6) is -12.5. The second kappa shape index (κ2) is 17.8. The number of allylic oxidation sites excluding steroid dienone is 9. The van der Waals surface area contributed by atoms with Gasteiger partial charge in [0, 0.05) is 37.2 Å². The van der Waals surface area contributed by atoms with Crippen LogP contribution in [-0.4, -0.2) is 175 Å². The van der Waals surface area contributed by atoms with E-state index in [4.69, 9.17) is 0 Å². The van der Waals surface area contributed by atoms with Crippen molar-refractivity contribution in [3.05, 3.63) is 107 Å². The maximum Gasteiger partial charge on any atom is 0.246 e. The fraction of sp³-hybridized carbons (Fsp3) is 0.